The molecule has 0 aromatic heterocycles. The maximum atomic E-state index is 6.02. The van der Waals surface area contributed by atoms with Gasteiger partial charge in [0.25, 0.3) is 0 Å². The summed E-state index contributed by atoms with van der Waals surface area (Å²) in [5.41, 5.74) is 2.36. The minimum Gasteiger partial charge on any atom is -0.493 e. The van der Waals surface area contributed by atoms with Crippen LogP contribution in [0.4, 0.5) is 0 Å². The number of benzene rings is 1. The molecule has 0 aliphatic heterocycles. The van der Waals surface area contributed by atoms with E-state index in [0.717, 1.165) is 55.9 Å². The van der Waals surface area contributed by atoms with Gasteiger partial charge in [-0.25, -0.2) is 4.99 Å². The average molecular weight is 333 g/mol. The van der Waals surface area contributed by atoms with Crippen molar-refractivity contribution in [1.82, 2.24) is 10.6 Å². The summed E-state index contributed by atoms with van der Waals surface area (Å²) < 4.78 is 11.1. The van der Waals surface area contributed by atoms with Crippen LogP contribution in [0, 0.1) is 12.8 Å². The molecule has 1 aliphatic rings. The zero-order valence-electron chi connectivity index (χ0n) is 15.2. The van der Waals surface area contributed by atoms with Gasteiger partial charge in [-0.05, 0) is 50.7 Å². The van der Waals surface area contributed by atoms with E-state index >= 15 is 0 Å². The van der Waals surface area contributed by atoms with Gasteiger partial charge in [0.1, 0.15) is 5.75 Å². The molecular formula is C19H31N3O2. The van der Waals surface area contributed by atoms with Crippen LogP contribution in [0.15, 0.2) is 23.2 Å². The van der Waals surface area contributed by atoms with Crippen molar-refractivity contribution < 1.29 is 9.47 Å². The van der Waals surface area contributed by atoms with Crippen LogP contribution in [0.2, 0.25) is 0 Å². The third-order valence-electron chi connectivity index (χ3n) is 3.96. The van der Waals surface area contributed by atoms with Crippen LogP contribution in [0.25, 0.3) is 0 Å². The van der Waals surface area contributed by atoms with Crippen molar-refractivity contribution >= 4 is 5.96 Å². The molecule has 1 aromatic carbocycles. The molecule has 0 bridgehead atoms. The molecule has 2 rings (SSSR count). The molecule has 0 radical (unpaired) electrons. The predicted octanol–water partition coefficient (Wildman–Crippen LogP) is 2.88. The molecule has 5 nitrogen and oxygen atoms in total. The lowest BCUT2D eigenvalue weighted by molar-refractivity contribution is 0.195. The van der Waals surface area contributed by atoms with Crippen molar-refractivity contribution in [2.45, 2.75) is 39.7 Å². The molecule has 0 saturated heterocycles. The number of nitrogens with one attached hydrogen (secondary N) is 2. The minimum absolute atomic E-state index is 0.611. The topological polar surface area (TPSA) is 54.9 Å². The van der Waals surface area contributed by atoms with Gasteiger partial charge in [0, 0.05) is 32.4 Å². The summed E-state index contributed by atoms with van der Waals surface area (Å²) in [6, 6.07) is 6.36. The fraction of sp³-hybridized carbons (Fsp3) is 0.632. The Labute approximate surface area is 145 Å². The minimum atomic E-state index is 0.611. The van der Waals surface area contributed by atoms with Crippen LogP contribution in [0.3, 0.4) is 0 Å². The summed E-state index contributed by atoms with van der Waals surface area (Å²) in [5, 5.41) is 6.61. The third kappa shape index (κ3) is 6.79. The summed E-state index contributed by atoms with van der Waals surface area (Å²) in [6.45, 7) is 8.05. The highest BCUT2D eigenvalue weighted by Crippen LogP contribution is 2.30. The molecule has 1 aliphatic carbocycles. The van der Waals surface area contributed by atoms with Gasteiger partial charge in [-0.3, -0.25) is 0 Å². The molecule has 0 heterocycles. The Hall–Kier alpha value is -1.75. The molecule has 1 aromatic rings. The first-order chi connectivity index (χ1) is 11.7. The summed E-state index contributed by atoms with van der Waals surface area (Å²) in [6.07, 6.45) is 3.56. The highest BCUT2D eigenvalue weighted by Gasteiger charge is 2.22. The molecular weight excluding hydrogens is 302 g/mol. The van der Waals surface area contributed by atoms with Crippen molar-refractivity contribution in [1.29, 1.82) is 0 Å². The first-order valence-electron chi connectivity index (χ1n) is 8.96. The number of ether oxygens (including phenoxy) is 2. The highest BCUT2D eigenvalue weighted by atomic mass is 16.5. The monoisotopic (exact) mass is 333 g/mol. The van der Waals surface area contributed by atoms with Crippen molar-refractivity contribution in [2.75, 3.05) is 33.4 Å². The lowest BCUT2D eigenvalue weighted by atomic mass is 10.1. The third-order valence-corrected chi connectivity index (χ3v) is 3.96. The van der Waals surface area contributed by atoms with Crippen LogP contribution in [0.1, 0.15) is 37.3 Å². The fourth-order valence-corrected chi connectivity index (χ4v) is 2.35. The molecule has 5 heteroatoms. The van der Waals surface area contributed by atoms with Gasteiger partial charge in [-0.2, -0.15) is 0 Å². The largest absolute Gasteiger partial charge is 0.493 e. The molecule has 0 unspecified atom stereocenters. The Kier molecular flexibility index (Phi) is 7.89. The second kappa shape index (κ2) is 10.2. The lowest BCUT2D eigenvalue weighted by Crippen LogP contribution is -2.38. The van der Waals surface area contributed by atoms with Crippen LogP contribution in [0.5, 0.6) is 5.75 Å². The van der Waals surface area contributed by atoms with E-state index in [2.05, 4.69) is 47.7 Å². The van der Waals surface area contributed by atoms with E-state index in [4.69, 9.17) is 9.47 Å². The highest BCUT2D eigenvalue weighted by molar-refractivity contribution is 5.79. The van der Waals surface area contributed by atoms with Gasteiger partial charge in [0.2, 0.25) is 0 Å². The van der Waals surface area contributed by atoms with Gasteiger partial charge in [-0.15, -0.1) is 0 Å². The predicted molar refractivity (Wildman–Crippen MR) is 98.7 cm³/mol. The Morgan fingerprint density at radius 2 is 2.12 bits per heavy atom. The second-order valence-electron chi connectivity index (χ2n) is 6.33. The Balaban J connectivity index is 1.94. The summed E-state index contributed by atoms with van der Waals surface area (Å²) >= 11 is 0. The number of hydrogen-bond donors (Lipinski definition) is 2. The molecule has 0 atom stereocenters. The van der Waals surface area contributed by atoms with Crippen LogP contribution in [-0.4, -0.2) is 39.4 Å². The quantitative estimate of drug-likeness (QED) is 0.393. The molecule has 1 fully saturated rings. The first-order valence-corrected chi connectivity index (χ1v) is 8.96. The van der Waals surface area contributed by atoms with Gasteiger partial charge < -0.3 is 20.1 Å². The van der Waals surface area contributed by atoms with Crippen LogP contribution >= 0.6 is 0 Å². The number of hydrogen-bond acceptors (Lipinski definition) is 3. The molecule has 24 heavy (non-hydrogen) atoms. The molecule has 134 valence electrons. The molecule has 2 N–H and O–H groups in total. The normalized spacial score (nSPS) is 14.5. The Bertz CT molecular complexity index is 527. The van der Waals surface area contributed by atoms with Crippen molar-refractivity contribution in [3.8, 4) is 5.75 Å². The molecule has 1 saturated carbocycles. The average Bonchev–Trinajstić information content (AvgIpc) is 3.40. The van der Waals surface area contributed by atoms with Crippen LogP contribution < -0.4 is 15.4 Å². The van der Waals surface area contributed by atoms with E-state index in [-0.39, 0.29) is 0 Å². The Morgan fingerprint density at radius 1 is 1.29 bits per heavy atom. The number of methoxy groups -OCH3 is 1. The van der Waals surface area contributed by atoms with Gasteiger partial charge in [0.15, 0.2) is 5.96 Å². The number of aryl methyl sites for hydroxylation is 1. The van der Waals surface area contributed by atoms with E-state index in [9.17, 15) is 0 Å². The van der Waals surface area contributed by atoms with Gasteiger partial charge in [0.05, 0.1) is 13.2 Å². The lowest BCUT2D eigenvalue weighted by Gasteiger charge is -2.13. The van der Waals surface area contributed by atoms with Crippen molar-refractivity contribution in [2.24, 2.45) is 10.9 Å². The standard InChI is InChI=1S/C19H31N3O2/c1-4-20-19(21-10-5-11-23-3)22-13-17-9-6-15(2)12-18(17)24-14-16-7-8-16/h6,9,12,16H,4-5,7-8,10-11,13-14H2,1-3H3,(H2,20,21,22). The number of aliphatic imine (C=N–C) groups is 1. The van der Waals surface area contributed by atoms with E-state index < -0.39 is 0 Å². The zero-order valence-corrected chi connectivity index (χ0v) is 15.2. The summed E-state index contributed by atoms with van der Waals surface area (Å²) in [4.78, 5) is 4.69. The van der Waals surface area contributed by atoms with E-state index in [1.807, 2.05) is 0 Å². The molecule has 0 amide bonds. The number of guanidine groups is 1. The zero-order chi connectivity index (χ0) is 17.2. The first kappa shape index (κ1) is 18.6. The van der Waals surface area contributed by atoms with Crippen molar-refractivity contribution in [3.63, 3.8) is 0 Å². The molecule has 0 spiro atoms. The van der Waals surface area contributed by atoms with Gasteiger partial charge in [-0.1, -0.05) is 12.1 Å². The van der Waals surface area contributed by atoms with E-state index in [0.29, 0.717) is 6.54 Å². The summed E-state index contributed by atoms with van der Waals surface area (Å²) in [7, 11) is 1.72. The van der Waals surface area contributed by atoms with Gasteiger partial charge >= 0.3 is 0 Å². The number of nitrogens with zero attached hydrogens (tertiary/aromatic N) is 1. The van der Waals surface area contributed by atoms with E-state index in [1.54, 1.807) is 7.11 Å². The maximum Gasteiger partial charge on any atom is 0.191 e. The van der Waals surface area contributed by atoms with Crippen LogP contribution in [-0.2, 0) is 11.3 Å². The Morgan fingerprint density at radius 3 is 2.83 bits per heavy atom. The fourth-order valence-electron chi connectivity index (χ4n) is 2.35. The SMILES string of the molecule is CCNC(=NCc1ccc(C)cc1OCC1CC1)NCCCOC. The van der Waals surface area contributed by atoms with E-state index in [1.165, 1.54) is 18.4 Å². The maximum absolute atomic E-state index is 6.02. The van der Waals surface area contributed by atoms with Crippen molar-refractivity contribution in [3.05, 3.63) is 29.3 Å². The smallest absolute Gasteiger partial charge is 0.191 e. The number of rotatable bonds is 10. The summed E-state index contributed by atoms with van der Waals surface area (Å²) in [5.74, 6) is 2.56. The second-order valence-corrected chi connectivity index (χ2v) is 6.33.